The Bertz CT molecular complexity index is 1000. The average molecular weight is 293 g/mol. The lowest BCUT2D eigenvalue weighted by Crippen LogP contribution is -2.22. The molecule has 0 fully saturated rings. The molecule has 0 atom stereocenters. The van der Waals surface area contributed by atoms with Gasteiger partial charge in [-0.1, -0.05) is 18.2 Å². The predicted octanol–water partition coefficient (Wildman–Crippen LogP) is 3.05. The van der Waals surface area contributed by atoms with Crippen LogP contribution in [0.15, 0.2) is 59.0 Å². The van der Waals surface area contributed by atoms with Crippen LogP contribution in [0, 0.1) is 0 Å². The molecule has 0 amide bonds. The normalized spacial score (nSPS) is 11.2. The highest BCUT2D eigenvalue weighted by Crippen LogP contribution is 2.16. The van der Waals surface area contributed by atoms with Gasteiger partial charge in [0, 0.05) is 11.6 Å². The van der Waals surface area contributed by atoms with Crippen molar-refractivity contribution < 1.29 is 0 Å². The Kier molecular flexibility index (Phi) is 2.79. The van der Waals surface area contributed by atoms with Crippen molar-refractivity contribution in [1.29, 1.82) is 0 Å². The molecule has 1 aromatic carbocycles. The highest BCUT2D eigenvalue weighted by atomic mass is 32.1. The van der Waals surface area contributed by atoms with Crippen molar-refractivity contribution in [1.82, 2.24) is 14.8 Å². The van der Waals surface area contributed by atoms with Crippen LogP contribution in [0.5, 0.6) is 0 Å². The summed E-state index contributed by atoms with van der Waals surface area (Å²) in [6.45, 7) is 0.433. The minimum Gasteiger partial charge on any atom is -0.267 e. The third-order valence-corrected chi connectivity index (χ3v) is 4.31. The number of thiophene rings is 1. The van der Waals surface area contributed by atoms with E-state index in [1.807, 2.05) is 41.8 Å². The van der Waals surface area contributed by atoms with Crippen molar-refractivity contribution in [2.75, 3.05) is 0 Å². The number of hydrogen-bond acceptors (Lipinski definition) is 4. The molecule has 3 heterocycles. The predicted molar refractivity (Wildman–Crippen MR) is 84.7 cm³/mol. The van der Waals surface area contributed by atoms with Crippen LogP contribution in [-0.2, 0) is 6.54 Å². The minimum absolute atomic E-state index is 0.0538. The Morgan fingerprint density at radius 3 is 3.00 bits per heavy atom. The molecule has 0 saturated heterocycles. The number of benzene rings is 1. The van der Waals surface area contributed by atoms with E-state index >= 15 is 0 Å². The Morgan fingerprint density at radius 1 is 1.14 bits per heavy atom. The van der Waals surface area contributed by atoms with E-state index in [0.29, 0.717) is 6.54 Å². The number of aromatic nitrogens is 3. The molecule has 0 aliphatic heterocycles. The molecule has 5 heteroatoms. The molecule has 0 aliphatic carbocycles. The molecule has 4 nitrogen and oxygen atoms in total. The van der Waals surface area contributed by atoms with Crippen molar-refractivity contribution >= 4 is 32.3 Å². The third-order valence-electron chi connectivity index (χ3n) is 3.45. The molecular formula is C16H11N3OS. The molecule has 21 heavy (non-hydrogen) atoms. The van der Waals surface area contributed by atoms with E-state index < -0.39 is 0 Å². The van der Waals surface area contributed by atoms with Crippen LogP contribution >= 0.6 is 11.3 Å². The van der Waals surface area contributed by atoms with E-state index in [2.05, 4.69) is 10.1 Å². The maximum Gasteiger partial charge on any atom is 0.275 e. The molecule has 0 radical (unpaired) electrons. The van der Waals surface area contributed by atoms with Crippen LogP contribution < -0.4 is 5.56 Å². The second kappa shape index (κ2) is 4.79. The third kappa shape index (κ3) is 2.11. The Morgan fingerprint density at radius 2 is 2.05 bits per heavy atom. The first-order chi connectivity index (χ1) is 10.3. The van der Waals surface area contributed by atoms with Gasteiger partial charge in [-0.2, -0.15) is 5.10 Å². The summed E-state index contributed by atoms with van der Waals surface area (Å²) in [6, 6.07) is 11.8. The maximum atomic E-state index is 12.3. The summed E-state index contributed by atoms with van der Waals surface area (Å²) in [5.74, 6) is 0. The molecular weight excluding hydrogens is 282 g/mol. The summed E-state index contributed by atoms with van der Waals surface area (Å²) < 4.78 is 2.41. The van der Waals surface area contributed by atoms with Crippen molar-refractivity contribution in [2.24, 2.45) is 0 Å². The van der Waals surface area contributed by atoms with Gasteiger partial charge >= 0.3 is 0 Å². The highest BCUT2D eigenvalue weighted by molar-refractivity contribution is 7.17. The van der Waals surface area contributed by atoms with E-state index in [1.54, 1.807) is 12.4 Å². The van der Waals surface area contributed by atoms with Gasteiger partial charge in [0.15, 0.2) is 0 Å². The summed E-state index contributed by atoms with van der Waals surface area (Å²) in [7, 11) is 0. The fourth-order valence-corrected chi connectivity index (χ4v) is 3.14. The van der Waals surface area contributed by atoms with E-state index in [9.17, 15) is 4.79 Å². The number of hydrogen-bond donors (Lipinski definition) is 0. The van der Waals surface area contributed by atoms with Crippen LogP contribution in [0.3, 0.4) is 0 Å². The van der Waals surface area contributed by atoms with Crippen LogP contribution in [0.1, 0.15) is 5.56 Å². The van der Waals surface area contributed by atoms with Crippen LogP contribution in [0.4, 0.5) is 0 Å². The van der Waals surface area contributed by atoms with Crippen molar-refractivity contribution in [3.8, 4) is 0 Å². The lowest BCUT2D eigenvalue weighted by atomic mass is 10.1. The van der Waals surface area contributed by atoms with E-state index in [-0.39, 0.29) is 5.56 Å². The SMILES string of the molecule is O=c1c2ccsc2cnn1Cc1cnc2ccccc2c1. The molecule has 0 aliphatic rings. The van der Waals surface area contributed by atoms with Gasteiger partial charge < -0.3 is 0 Å². The van der Waals surface area contributed by atoms with Gasteiger partial charge in [-0.3, -0.25) is 9.78 Å². The van der Waals surface area contributed by atoms with E-state index in [0.717, 1.165) is 26.6 Å². The maximum absolute atomic E-state index is 12.3. The quantitative estimate of drug-likeness (QED) is 0.570. The Labute approximate surface area is 124 Å². The Balaban J connectivity index is 1.78. The fraction of sp³-hybridized carbons (Fsp3) is 0.0625. The van der Waals surface area contributed by atoms with Crippen molar-refractivity contribution in [3.63, 3.8) is 0 Å². The van der Waals surface area contributed by atoms with Crippen LogP contribution in [0.25, 0.3) is 21.0 Å². The lowest BCUT2D eigenvalue weighted by molar-refractivity contribution is 0.647. The molecule has 102 valence electrons. The van der Waals surface area contributed by atoms with E-state index in [1.165, 1.54) is 16.0 Å². The highest BCUT2D eigenvalue weighted by Gasteiger charge is 2.06. The molecule has 0 bridgehead atoms. The van der Waals surface area contributed by atoms with Gasteiger partial charge in [0.25, 0.3) is 5.56 Å². The molecule has 3 aromatic heterocycles. The first-order valence-corrected chi connectivity index (χ1v) is 7.46. The van der Waals surface area contributed by atoms with Gasteiger partial charge in [0.1, 0.15) is 0 Å². The molecule has 0 spiro atoms. The monoisotopic (exact) mass is 293 g/mol. The Hall–Kier alpha value is -2.53. The largest absolute Gasteiger partial charge is 0.275 e. The number of pyridine rings is 1. The van der Waals surface area contributed by atoms with Gasteiger partial charge in [-0.15, -0.1) is 11.3 Å². The first-order valence-electron chi connectivity index (χ1n) is 6.58. The molecule has 4 aromatic rings. The zero-order chi connectivity index (χ0) is 14.2. The summed E-state index contributed by atoms with van der Waals surface area (Å²) in [5, 5.41) is 7.95. The van der Waals surface area contributed by atoms with Gasteiger partial charge in [-0.05, 0) is 29.1 Å². The summed E-state index contributed by atoms with van der Waals surface area (Å²) >= 11 is 1.53. The number of rotatable bonds is 2. The van der Waals surface area contributed by atoms with E-state index in [4.69, 9.17) is 0 Å². The first kappa shape index (κ1) is 12.2. The summed E-state index contributed by atoms with van der Waals surface area (Å²) in [4.78, 5) is 16.8. The zero-order valence-corrected chi connectivity index (χ0v) is 11.9. The minimum atomic E-state index is -0.0538. The molecule has 0 N–H and O–H groups in total. The number of fused-ring (bicyclic) bond motifs is 2. The zero-order valence-electron chi connectivity index (χ0n) is 11.1. The molecule has 4 rings (SSSR count). The van der Waals surface area contributed by atoms with Gasteiger partial charge in [-0.25, -0.2) is 4.68 Å². The van der Waals surface area contributed by atoms with Crippen molar-refractivity contribution in [2.45, 2.75) is 6.54 Å². The van der Waals surface area contributed by atoms with Crippen LogP contribution in [-0.4, -0.2) is 14.8 Å². The second-order valence-electron chi connectivity index (χ2n) is 4.84. The summed E-state index contributed by atoms with van der Waals surface area (Å²) in [5.41, 5.74) is 1.87. The lowest BCUT2D eigenvalue weighted by Gasteiger charge is -2.05. The van der Waals surface area contributed by atoms with Crippen molar-refractivity contribution in [3.05, 3.63) is 70.1 Å². The number of para-hydroxylation sites is 1. The topological polar surface area (TPSA) is 47.8 Å². The van der Waals surface area contributed by atoms with Gasteiger partial charge in [0.2, 0.25) is 0 Å². The smallest absolute Gasteiger partial charge is 0.267 e. The standard InChI is InChI=1S/C16H11N3OS/c20-16-13-5-6-21-15(13)9-18-19(16)10-11-7-12-3-1-2-4-14(12)17-8-11/h1-9H,10H2. The molecule has 0 saturated carbocycles. The summed E-state index contributed by atoms with van der Waals surface area (Å²) in [6.07, 6.45) is 3.55. The molecule has 0 unspecified atom stereocenters. The average Bonchev–Trinajstić information content (AvgIpc) is 2.99. The fourth-order valence-electron chi connectivity index (χ4n) is 2.40. The van der Waals surface area contributed by atoms with Crippen LogP contribution in [0.2, 0.25) is 0 Å². The number of nitrogens with zero attached hydrogens (tertiary/aromatic N) is 3. The van der Waals surface area contributed by atoms with Gasteiger partial charge in [0.05, 0.1) is 28.3 Å². The second-order valence-corrected chi connectivity index (χ2v) is 5.79.